The fourth-order valence-corrected chi connectivity index (χ4v) is 2.14. The number of rotatable bonds is 4. The molecule has 2 rings (SSSR count). The maximum absolute atomic E-state index is 12.1. The lowest BCUT2D eigenvalue weighted by Crippen LogP contribution is -2.48. The molecular weight excluding hydrogens is 218 g/mol. The van der Waals surface area contributed by atoms with Crippen molar-refractivity contribution >= 4 is 5.91 Å². The molecule has 0 radical (unpaired) electrons. The van der Waals surface area contributed by atoms with Crippen LogP contribution in [0.5, 0.6) is 0 Å². The SMILES string of the molecule is CCCNC1CCCN(C(=O)c2cn[nH]n2)C1. The molecule has 1 amide bonds. The Morgan fingerprint density at radius 2 is 2.59 bits per heavy atom. The van der Waals surface area contributed by atoms with E-state index >= 15 is 0 Å². The Morgan fingerprint density at radius 3 is 3.29 bits per heavy atom. The van der Waals surface area contributed by atoms with Gasteiger partial charge >= 0.3 is 0 Å². The van der Waals surface area contributed by atoms with Crippen LogP contribution in [0.4, 0.5) is 0 Å². The summed E-state index contributed by atoms with van der Waals surface area (Å²) in [6, 6.07) is 0.416. The van der Waals surface area contributed by atoms with Crippen LogP contribution < -0.4 is 5.32 Å². The van der Waals surface area contributed by atoms with E-state index in [-0.39, 0.29) is 5.91 Å². The highest BCUT2D eigenvalue weighted by atomic mass is 16.2. The van der Waals surface area contributed by atoms with Crippen LogP contribution in [0.25, 0.3) is 0 Å². The smallest absolute Gasteiger partial charge is 0.276 e. The fourth-order valence-electron chi connectivity index (χ4n) is 2.14. The van der Waals surface area contributed by atoms with Crippen molar-refractivity contribution in [3.05, 3.63) is 11.9 Å². The number of aromatic nitrogens is 3. The second-order valence-corrected chi connectivity index (χ2v) is 4.40. The summed E-state index contributed by atoms with van der Waals surface area (Å²) in [7, 11) is 0. The van der Waals surface area contributed by atoms with Gasteiger partial charge in [-0.25, -0.2) is 0 Å². The molecule has 2 heterocycles. The van der Waals surface area contributed by atoms with Crippen LogP contribution in [0.2, 0.25) is 0 Å². The first-order chi connectivity index (χ1) is 8.31. The monoisotopic (exact) mass is 237 g/mol. The highest BCUT2D eigenvalue weighted by Gasteiger charge is 2.25. The maximum atomic E-state index is 12.1. The van der Waals surface area contributed by atoms with Crippen molar-refractivity contribution in [2.45, 2.75) is 32.2 Å². The average Bonchev–Trinajstić information content (AvgIpc) is 2.89. The Kier molecular flexibility index (Phi) is 4.08. The standard InChI is InChI=1S/C11H19N5O/c1-2-5-12-9-4-3-6-16(8-9)11(17)10-7-13-15-14-10/h7,9,12H,2-6,8H2,1H3,(H,13,14,15). The van der Waals surface area contributed by atoms with Crippen molar-refractivity contribution in [1.82, 2.24) is 25.6 Å². The van der Waals surface area contributed by atoms with E-state index in [4.69, 9.17) is 0 Å². The van der Waals surface area contributed by atoms with Crippen LogP contribution in [-0.4, -0.2) is 51.9 Å². The molecule has 0 bridgehead atoms. The van der Waals surface area contributed by atoms with Gasteiger partial charge in [0.05, 0.1) is 6.20 Å². The van der Waals surface area contributed by atoms with Crippen molar-refractivity contribution in [2.24, 2.45) is 0 Å². The highest BCUT2D eigenvalue weighted by Crippen LogP contribution is 2.12. The number of nitrogens with zero attached hydrogens (tertiary/aromatic N) is 3. The first kappa shape index (κ1) is 12.0. The van der Waals surface area contributed by atoms with Gasteiger partial charge in [-0.2, -0.15) is 15.4 Å². The molecule has 17 heavy (non-hydrogen) atoms. The van der Waals surface area contributed by atoms with Gasteiger partial charge in [-0.3, -0.25) is 4.79 Å². The zero-order chi connectivity index (χ0) is 12.1. The van der Waals surface area contributed by atoms with Gasteiger partial charge in [-0.15, -0.1) is 0 Å². The molecule has 6 nitrogen and oxygen atoms in total. The number of likely N-dealkylation sites (tertiary alicyclic amines) is 1. The van der Waals surface area contributed by atoms with Gasteiger partial charge < -0.3 is 10.2 Å². The second-order valence-electron chi connectivity index (χ2n) is 4.40. The third kappa shape index (κ3) is 3.03. The van der Waals surface area contributed by atoms with E-state index in [0.29, 0.717) is 11.7 Å². The summed E-state index contributed by atoms with van der Waals surface area (Å²) >= 11 is 0. The predicted octanol–water partition coefficient (Wildman–Crippen LogP) is 0.409. The number of carbonyl (C=O) groups is 1. The quantitative estimate of drug-likeness (QED) is 0.795. The Balaban J connectivity index is 1.90. The fraction of sp³-hybridized carbons (Fsp3) is 0.727. The Labute approximate surface area is 101 Å². The molecule has 0 spiro atoms. The topological polar surface area (TPSA) is 73.9 Å². The number of piperidine rings is 1. The summed E-state index contributed by atoms with van der Waals surface area (Å²) in [6.07, 6.45) is 4.78. The molecule has 1 atom stereocenters. The summed E-state index contributed by atoms with van der Waals surface area (Å²) in [5.41, 5.74) is 0.404. The van der Waals surface area contributed by atoms with Gasteiger partial charge in [-0.05, 0) is 25.8 Å². The van der Waals surface area contributed by atoms with E-state index in [1.165, 1.54) is 6.20 Å². The number of carbonyl (C=O) groups excluding carboxylic acids is 1. The molecule has 1 aromatic rings. The van der Waals surface area contributed by atoms with Crippen molar-refractivity contribution in [1.29, 1.82) is 0 Å². The van der Waals surface area contributed by atoms with E-state index < -0.39 is 0 Å². The molecular formula is C11H19N5O. The third-order valence-electron chi connectivity index (χ3n) is 3.03. The number of aromatic amines is 1. The first-order valence-corrected chi connectivity index (χ1v) is 6.19. The lowest BCUT2D eigenvalue weighted by Gasteiger charge is -2.32. The lowest BCUT2D eigenvalue weighted by molar-refractivity contribution is 0.0689. The minimum Gasteiger partial charge on any atom is -0.336 e. The molecule has 1 aliphatic heterocycles. The zero-order valence-electron chi connectivity index (χ0n) is 10.1. The summed E-state index contributed by atoms with van der Waals surface area (Å²) in [5, 5.41) is 13.4. The van der Waals surface area contributed by atoms with Gasteiger partial charge in [-0.1, -0.05) is 6.92 Å². The molecule has 1 aromatic heterocycles. The third-order valence-corrected chi connectivity index (χ3v) is 3.03. The van der Waals surface area contributed by atoms with Crippen LogP contribution in [0, 0.1) is 0 Å². The van der Waals surface area contributed by atoms with E-state index in [9.17, 15) is 4.79 Å². The van der Waals surface area contributed by atoms with Crippen molar-refractivity contribution in [3.8, 4) is 0 Å². The van der Waals surface area contributed by atoms with Gasteiger partial charge in [0.2, 0.25) is 0 Å². The second kappa shape index (κ2) is 5.77. The molecule has 0 aliphatic carbocycles. The van der Waals surface area contributed by atoms with Crippen LogP contribution >= 0.6 is 0 Å². The van der Waals surface area contributed by atoms with E-state index in [1.54, 1.807) is 0 Å². The number of hydrogen-bond donors (Lipinski definition) is 2. The Morgan fingerprint density at radius 1 is 1.71 bits per heavy atom. The highest BCUT2D eigenvalue weighted by molar-refractivity contribution is 5.91. The molecule has 0 aromatic carbocycles. The number of hydrogen-bond acceptors (Lipinski definition) is 4. The molecule has 6 heteroatoms. The Hall–Kier alpha value is -1.43. The Bertz CT molecular complexity index is 351. The molecule has 1 aliphatic rings. The van der Waals surface area contributed by atoms with Gasteiger partial charge in [0, 0.05) is 19.1 Å². The van der Waals surface area contributed by atoms with Crippen LogP contribution in [0.1, 0.15) is 36.7 Å². The summed E-state index contributed by atoms with van der Waals surface area (Å²) in [5.74, 6) is -0.0262. The normalized spacial score (nSPS) is 20.5. The molecule has 0 saturated carbocycles. The summed E-state index contributed by atoms with van der Waals surface area (Å²) in [4.78, 5) is 13.9. The van der Waals surface area contributed by atoms with Gasteiger partial charge in [0.15, 0.2) is 5.69 Å². The van der Waals surface area contributed by atoms with Crippen LogP contribution in [0.3, 0.4) is 0 Å². The first-order valence-electron chi connectivity index (χ1n) is 6.19. The number of amides is 1. The molecule has 1 saturated heterocycles. The van der Waals surface area contributed by atoms with Crippen molar-refractivity contribution in [3.63, 3.8) is 0 Å². The lowest BCUT2D eigenvalue weighted by atomic mass is 10.1. The van der Waals surface area contributed by atoms with Crippen molar-refractivity contribution < 1.29 is 4.79 Å². The minimum atomic E-state index is -0.0262. The number of H-pyrrole nitrogens is 1. The maximum Gasteiger partial charge on any atom is 0.276 e. The zero-order valence-corrected chi connectivity index (χ0v) is 10.1. The van der Waals surface area contributed by atoms with Crippen LogP contribution in [-0.2, 0) is 0 Å². The predicted molar refractivity (Wildman–Crippen MR) is 63.6 cm³/mol. The largest absolute Gasteiger partial charge is 0.336 e. The van der Waals surface area contributed by atoms with Crippen molar-refractivity contribution in [2.75, 3.05) is 19.6 Å². The molecule has 2 N–H and O–H groups in total. The van der Waals surface area contributed by atoms with Crippen LogP contribution in [0.15, 0.2) is 6.20 Å². The van der Waals surface area contributed by atoms with E-state index in [2.05, 4.69) is 27.7 Å². The summed E-state index contributed by atoms with van der Waals surface area (Å²) < 4.78 is 0. The molecule has 94 valence electrons. The van der Waals surface area contributed by atoms with E-state index in [1.807, 2.05) is 4.90 Å². The van der Waals surface area contributed by atoms with Gasteiger partial charge in [0.25, 0.3) is 5.91 Å². The summed E-state index contributed by atoms with van der Waals surface area (Å²) in [6.45, 7) is 4.74. The van der Waals surface area contributed by atoms with E-state index in [0.717, 1.165) is 38.9 Å². The molecule has 1 unspecified atom stereocenters. The minimum absolute atomic E-state index is 0.0262. The van der Waals surface area contributed by atoms with Gasteiger partial charge in [0.1, 0.15) is 0 Å². The molecule has 1 fully saturated rings. The average molecular weight is 237 g/mol. The number of nitrogens with one attached hydrogen (secondary N) is 2.